The lowest BCUT2D eigenvalue weighted by molar-refractivity contribution is 0.223. The van der Waals surface area contributed by atoms with Crippen LogP contribution in [0, 0.1) is 20.8 Å². The van der Waals surface area contributed by atoms with E-state index in [1.165, 1.54) is 10.4 Å². The molecule has 0 fully saturated rings. The first kappa shape index (κ1) is 19.2. The van der Waals surface area contributed by atoms with Crippen molar-refractivity contribution in [2.75, 3.05) is 20.1 Å². The summed E-state index contributed by atoms with van der Waals surface area (Å²) in [6.45, 7) is 9.76. The molecule has 0 aliphatic rings. The maximum absolute atomic E-state index is 5.93. The highest BCUT2D eigenvalue weighted by Crippen LogP contribution is 2.16. The van der Waals surface area contributed by atoms with Crippen LogP contribution in [0.25, 0.3) is 0 Å². The Kier molecular flexibility index (Phi) is 7.25. The van der Waals surface area contributed by atoms with Crippen LogP contribution in [0.2, 0.25) is 0 Å². The van der Waals surface area contributed by atoms with Crippen molar-refractivity contribution < 1.29 is 4.74 Å². The molecule has 0 aliphatic carbocycles. The lowest BCUT2D eigenvalue weighted by Crippen LogP contribution is -2.42. The average Bonchev–Trinajstić information content (AvgIpc) is 2.88. The number of ether oxygens (including phenoxy) is 1. The number of benzene rings is 1. The third kappa shape index (κ3) is 6.38. The topological polar surface area (TPSA) is 58.5 Å². The van der Waals surface area contributed by atoms with E-state index in [1.807, 2.05) is 25.1 Å². The number of hydrogen-bond acceptors (Lipinski definition) is 4. The van der Waals surface area contributed by atoms with Gasteiger partial charge < -0.3 is 15.4 Å². The first-order chi connectivity index (χ1) is 12.0. The molecule has 1 atom stereocenters. The lowest BCUT2D eigenvalue weighted by atomic mass is 10.2. The number of aromatic nitrogens is 1. The van der Waals surface area contributed by atoms with Gasteiger partial charge >= 0.3 is 0 Å². The molecule has 5 nitrogen and oxygen atoms in total. The number of hydrogen-bond donors (Lipinski definition) is 2. The number of nitrogens with zero attached hydrogens (tertiary/aromatic N) is 2. The van der Waals surface area contributed by atoms with Crippen molar-refractivity contribution in [3.8, 4) is 5.75 Å². The molecular formula is C19H28N4OS. The van der Waals surface area contributed by atoms with E-state index >= 15 is 0 Å². The summed E-state index contributed by atoms with van der Waals surface area (Å²) in [5, 5.41) is 7.79. The molecular weight excluding hydrogens is 332 g/mol. The Morgan fingerprint density at radius 2 is 2.08 bits per heavy atom. The Bertz CT molecular complexity index is 692. The van der Waals surface area contributed by atoms with Crippen molar-refractivity contribution in [1.29, 1.82) is 0 Å². The predicted molar refractivity (Wildman–Crippen MR) is 106 cm³/mol. The van der Waals surface area contributed by atoms with Gasteiger partial charge in [0, 0.05) is 24.9 Å². The fourth-order valence-corrected chi connectivity index (χ4v) is 3.29. The van der Waals surface area contributed by atoms with E-state index in [0.717, 1.165) is 35.4 Å². The van der Waals surface area contributed by atoms with Gasteiger partial charge in [0.15, 0.2) is 5.96 Å². The Balaban J connectivity index is 1.72. The summed E-state index contributed by atoms with van der Waals surface area (Å²) >= 11 is 1.76. The molecule has 6 heteroatoms. The quantitative estimate of drug-likeness (QED) is 0.588. The van der Waals surface area contributed by atoms with Crippen molar-refractivity contribution in [1.82, 2.24) is 15.6 Å². The standard InChI is InChI=1S/C19H28N4OS/c1-13-7-6-8-17(11-13)24-14(2)12-22-19(20-5)21-10-9-18-23-15(3)16(4)25-18/h6-8,11,14H,9-10,12H2,1-5H3,(H2,20,21,22). The number of thiazole rings is 1. The second-order valence-corrected chi connectivity index (χ2v) is 7.41. The van der Waals surface area contributed by atoms with Crippen molar-refractivity contribution >= 4 is 17.3 Å². The molecule has 136 valence electrons. The normalized spacial score (nSPS) is 12.8. The van der Waals surface area contributed by atoms with E-state index in [2.05, 4.69) is 47.4 Å². The average molecular weight is 361 g/mol. The van der Waals surface area contributed by atoms with Gasteiger partial charge in [-0.25, -0.2) is 4.98 Å². The number of aryl methyl sites for hydroxylation is 3. The molecule has 25 heavy (non-hydrogen) atoms. The molecule has 2 N–H and O–H groups in total. The van der Waals surface area contributed by atoms with Gasteiger partial charge in [-0.2, -0.15) is 0 Å². The number of rotatable bonds is 7. The summed E-state index contributed by atoms with van der Waals surface area (Å²) in [7, 11) is 1.78. The largest absolute Gasteiger partial charge is 0.489 e. The Morgan fingerprint density at radius 3 is 2.72 bits per heavy atom. The van der Waals surface area contributed by atoms with Gasteiger partial charge in [0.1, 0.15) is 11.9 Å². The molecule has 0 radical (unpaired) electrons. The van der Waals surface area contributed by atoms with Crippen LogP contribution in [0.1, 0.15) is 28.1 Å². The Labute approximate surface area is 154 Å². The highest BCUT2D eigenvalue weighted by Gasteiger charge is 2.07. The van der Waals surface area contributed by atoms with E-state index in [1.54, 1.807) is 18.4 Å². The molecule has 1 heterocycles. The van der Waals surface area contributed by atoms with E-state index in [4.69, 9.17) is 4.74 Å². The fourth-order valence-electron chi connectivity index (χ4n) is 2.36. The smallest absolute Gasteiger partial charge is 0.191 e. The van der Waals surface area contributed by atoms with Crippen LogP contribution in [0.15, 0.2) is 29.3 Å². The SMILES string of the molecule is CN=C(NCCc1nc(C)c(C)s1)NCC(C)Oc1cccc(C)c1. The first-order valence-corrected chi connectivity index (χ1v) is 9.40. The first-order valence-electron chi connectivity index (χ1n) is 8.58. The fraction of sp³-hybridized carbons (Fsp3) is 0.474. The third-order valence-corrected chi connectivity index (χ3v) is 4.94. The van der Waals surface area contributed by atoms with Gasteiger partial charge in [-0.05, 0) is 45.4 Å². The summed E-state index contributed by atoms with van der Waals surface area (Å²) < 4.78 is 5.93. The maximum atomic E-state index is 5.93. The van der Waals surface area contributed by atoms with E-state index in [0.29, 0.717) is 6.54 Å². The monoisotopic (exact) mass is 360 g/mol. The minimum atomic E-state index is 0.0459. The molecule has 1 aromatic carbocycles. The Hall–Kier alpha value is -2.08. The number of nitrogens with one attached hydrogen (secondary N) is 2. The molecule has 0 bridgehead atoms. The molecule has 0 spiro atoms. The van der Waals surface area contributed by atoms with Gasteiger partial charge in [-0.15, -0.1) is 11.3 Å². The zero-order chi connectivity index (χ0) is 18.2. The van der Waals surface area contributed by atoms with Gasteiger partial charge in [0.05, 0.1) is 17.2 Å². The summed E-state index contributed by atoms with van der Waals surface area (Å²) in [5.41, 5.74) is 2.33. The maximum Gasteiger partial charge on any atom is 0.191 e. The van der Waals surface area contributed by atoms with Crippen LogP contribution in [-0.2, 0) is 6.42 Å². The van der Waals surface area contributed by atoms with Crippen molar-refractivity contribution in [3.05, 3.63) is 45.4 Å². The summed E-state index contributed by atoms with van der Waals surface area (Å²) in [5.74, 6) is 1.68. The van der Waals surface area contributed by atoms with Crippen LogP contribution < -0.4 is 15.4 Å². The lowest BCUT2D eigenvalue weighted by Gasteiger charge is -2.18. The molecule has 2 rings (SSSR count). The summed E-state index contributed by atoms with van der Waals surface area (Å²) in [4.78, 5) is 10.1. The van der Waals surface area contributed by atoms with Crippen molar-refractivity contribution in [2.24, 2.45) is 4.99 Å². The molecule has 0 saturated heterocycles. The summed E-state index contributed by atoms with van der Waals surface area (Å²) in [6, 6.07) is 8.09. The van der Waals surface area contributed by atoms with Gasteiger partial charge in [0.2, 0.25) is 0 Å². The second-order valence-electron chi connectivity index (χ2n) is 6.12. The molecule has 1 aromatic heterocycles. The van der Waals surface area contributed by atoms with E-state index < -0.39 is 0 Å². The van der Waals surface area contributed by atoms with E-state index in [-0.39, 0.29) is 6.10 Å². The highest BCUT2D eigenvalue weighted by atomic mass is 32.1. The molecule has 0 aliphatic heterocycles. The summed E-state index contributed by atoms with van der Waals surface area (Å²) in [6.07, 6.45) is 0.944. The van der Waals surface area contributed by atoms with Crippen molar-refractivity contribution in [2.45, 2.75) is 40.2 Å². The van der Waals surface area contributed by atoms with Crippen LogP contribution >= 0.6 is 11.3 Å². The molecule has 1 unspecified atom stereocenters. The highest BCUT2D eigenvalue weighted by molar-refractivity contribution is 7.11. The molecule has 0 saturated carbocycles. The number of aliphatic imine (C=N–C) groups is 1. The van der Waals surface area contributed by atoms with E-state index in [9.17, 15) is 0 Å². The third-order valence-electron chi connectivity index (χ3n) is 3.81. The van der Waals surface area contributed by atoms with Crippen LogP contribution in [0.5, 0.6) is 5.75 Å². The van der Waals surface area contributed by atoms with Crippen LogP contribution in [0.4, 0.5) is 0 Å². The minimum absolute atomic E-state index is 0.0459. The van der Waals surface area contributed by atoms with Crippen LogP contribution in [0.3, 0.4) is 0 Å². The second kappa shape index (κ2) is 9.42. The van der Waals surface area contributed by atoms with Gasteiger partial charge in [0.25, 0.3) is 0 Å². The molecule has 2 aromatic rings. The zero-order valence-electron chi connectivity index (χ0n) is 15.7. The van der Waals surface area contributed by atoms with Gasteiger partial charge in [-0.3, -0.25) is 4.99 Å². The number of guanidine groups is 1. The van der Waals surface area contributed by atoms with Crippen molar-refractivity contribution in [3.63, 3.8) is 0 Å². The minimum Gasteiger partial charge on any atom is -0.489 e. The molecule has 0 amide bonds. The predicted octanol–water partition coefficient (Wildman–Crippen LogP) is 3.24. The zero-order valence-corrected chi connectivity index (χ0v) is 16.5. The Morgan fingerprint density at radius 1 is 1.28 bits per heavy atom. The van der Waals surface area contributed by atoms with Gasteiger partial charge in [-0.1, -0.05) is 12.1 Å². The van der Waals surface area contributed by atoms with Crippen LogP contribution in [-0.4, -0.2) is 37.2 Å².